The molecule has 3 aromatic heterocycles. The first-order valence-electron chi connectivity index (χ1n) is 20.9. The number of hydrazine groups is 1. The monoisotopic (exact) mass is 891 g/mol. The van der Waals surface area contributed by atoms with Crippen LogP contribution < -0.4 is 36.4 Å². The van der Waals surface area contributed by atoms with Gasteiger partial charge in [-0.1, -0.05) is 91.8 Å². The number of nitrogens with one attached hydrogen (secondary N) is 1. The molecule has 0 aliphatic rings. The van der Waals surface area contributed by atoms with Crippen molar-refractivity contribution >= 4 is 46.3 Å². The Labute approximate surface area is 380 Å². The molecule has 0 atom stereocenters. The maximum Gasteiger partial charge on any atom is 0.337 e. The van der Waals surface area contributed by atoms with Crippen LogP contribution in [0.15, 0.2) is 93.7 Å². The third-order valence-corrected chi connectivity index (χ3v) is 10.3. The molecule has 346 valence electrons. The Bertz CT molecular complexity index is 2590. The number of ether oxygens (including phenoxy) is 3. The number of nitrogen functional groups attached to an aromatic ring is 2. The van der Waals surface area contributed by atoms with E-state index in [4.69, 9.17) is 40.9 Å². The molecule has 5 rings (SSSR count). The Morgan fingerprint density at radius 1 is 0.692 bits per heavy atom. The first kappa shape index (κ1) is 48.5. The van der Waals surface area contributed by atoms with E-state index in [1.165, 1.54) is 30.7 Å². The second kappa shape index (κ2) is 19.9. The Morgan fingerprint density at radius 3 is 1.65 bits per heavy atom. The molecule has 5 N–H and O–H groups in total. The molecule has 0 bridgehead atoms. The fourth-order valence-electron chi connectivity index (χ4n) is 6.80. The molecule has 2 aromatic carbocycles. The van der Waals surface area contributed by atoms with Gasteiger partial charge in [0.05, 0.1) is 43.9 Å². The van der Waals surface area contributed by atoms with Crippen molar-refractivity contribution < 1.29 is 23.8 Å². The van der Waals surface area contributed by atoms with Crippen LogP contribution in [0.4, 0.5) is 34.4 Å². The number of rotatable bonds is 16. The molecule has 0 unspecified atom stereocenters. The fraction of sp³-hybridized carbons (Fsp3) is 0.400. The SMILES string of the molecule is CC/C(C(=O)OC)=C(/N=Nc1c(C(C)(C)C)nn(-c2nc(OC)nc(-n3nc(C(C)(C)C)c(N(C)N/C(=C(/CC)C(=O)OC)N(C)c4ccccc4)c3N)n2)c1N)N(C)c1ccccc1. The average Bonchev–Trinajstić information content (AvgIpc) is 3.83. The first-order valence-corrected chi connectivity index (χ1v) is 20.9. The van der Waals surface area contributed by atoms with E-state index in [2.05, 4.69) is 25.6 Å². The maximum absolute atomic E-state index is 13.2. The lowest BCUT2D eigenvalue weighted by Gasteiger charge is -2.32. The minimum absolute atomic E-state index is 0.00812. The molecule has 0 spiro atoms. The molecule has 0 saturated heterocycles. The predicted octanol–water partition coefficient (Wildman–Crippen LogP) is 6.90. The number of carbonyl (C=O) groups excluding carboxylic acids is 2. The van der Waals surface area contributed by atoms with Crippen molar-refractivity contribution in [3.05, 3.63) is 94.8 Å². The summed E-state index contributed by atoms with van der Waals surface area (Å²) in [5.41, 5.74) is 20.2. The molecule has 0 saturated carbocycles. The third kappa shape index (κ3) is 10.3. The zero-order chi connectivity index (χ0) is 48.0. The van der Waals surface area contributed by atoms with E-state index in [0.29, 0.717) is 46.9 Å². The number of hydrogen-bond acceptors (Lipinski definition) is 18. The number of esters is 2. The Morgan fingerprint density at radius 2 is 1.17 bits per heavy atom. The minimum atomic E-state index is -0.618. The van der Waals surface area contributed by atoms with Crippen molar-refractivity contribution in [3.8, 4) is 17.9 Å². The molecule has 65 heavy (non-hydrogen) atoms. The normalized spacial score (nSPS) is 12.6. The zero-order valence-corrected chi connectivity index (χ0v) is 39.8. The van der Waals surface area contributed by atoms with Crippen LogP contribution in [0, 0.1) is 0 Å². The highest BCUT2D eigenvalue weighted by molar-refractivity contribution is 5.90. The number of para-hydroxylation sites is 2. The largest absolute Gasteiger partial charge is 0.467 e. The number of azo groups is 1. The molecule has 0 aliphatic carbocycles. The number of nitrogens with zero attached hydrogens (tertiary/aromatic N) is 12. The number of carbonyl (C=O) groups is 2. The lowest BCUT2D eigenvalue weighted by molar-refractivity contribution is -0.137. The van der Waals surface area contributed by atoms with Gasteiger partial charge in [0.25, 0.3) is 11.9 Å². The summed E-state index contributed by atoms with van der Waals surface area (Å²) in [6.07, 6.45) is 0.671. The third-order valence-electron chi connectivity index (χ3n) is 10.3. The summed E-state index contributed by atoms with van der Waals surface area (Å²) >= 11 is 0. The molecule has 5 aromatic rings. The van der Waals surface area contributed by atoms with Crippen LogP contribution in [-0.4, -0.2) is 88.9 Å². The van der Waals surface area contributed by atoms with Gasteiger partial charge in [0.2, 0.25) is 0 Å². The van der Waals surface area contributed by atoms with Crippen LogP contribution >= 0.6 is 0 Å². The van der Waals surface area contributed by atoms with Crippen molar-refractivity contribution in [2.45, 2.75) is 79.1 Å². The van der Waals surface area contributed by atoms with Gasteiger partial charge in [0, 0.05) is 43.3 Å². The van der Waals surface area contributed by atoms with Gasteiger partial charge in [-0.2, -0.15) is 34.5 Å². The van der Waals surface area contributed by atoms with E-state index in [1.807, 2.05) is 128 Å². The molecule has 0 amide bonds. The average molecular weight is 892 g/mol. The summed E-state index contributed by atoms with van der Waals surface area (Å²) in [6.45, 7) is 15.6. The van der Waals surface area contributed by atoms with E-state index in [9.17, 15) is 9.59 Å². The van der Waals surface area contributed by atoms with Gasteiger partial charge in [-0.25, -0.2) is 9.59 Å². The van der Waals surface area contributed by atoms with Crippen LogP contribution in [0.3, 0.4) is 0 Å². The molecule has 0 aliphatic heterocycles. The lowest BCUT2D eigenvalue weighted by atomic mass is 9.91. The van der Waals surface area contributed by atoms with Gasteiger partial charge in [-0.05, 0) is 37.1 Å². The van der Waals surface area contributed by atoms with Crippen LogP contribution in [0.2, 0.25) is 0 Å². The van der Waals surface area contributed by atoms with Gasteiger partial charge in [0.1, 0.15) is 11.5 Å². The van der Waals surface area contributed by atoms with Gasteiger partial charge in [0.15, 0.2) is 23.1 Å². The van der Waals surface area contributed by atoms with Crippen molar-refractivity contribution in [1.29, 1.82) is 0 Å². The summed E-state index contributed by atoms with van der Waals surface area (Å²) in [5, 5.41) is 20.8. The second-order valence-corrected chi connectivity index (χ2v) is 16.9. The van der Waals surface area contributed by atoms with Gasteiger partial charge < -0.3 is 35.5 Å². The number of benzene rings is 2. The van der Waals surface area contributed by atoms with Gasteiger partial charge in [-0.15, -0.1) is 10.2 Å². The van der Waals surface area contributed by atoms with Gasteiger partial charge in [-0.3, -0.25) is 10.4 Å². The molecule has 3 heterocycles. The standard InChI is InChI=1S/C45H61N15O5/c1-15-29(39(61)63-12)37(56(9)27-23-19-17-20-24-27)52-51-31-33(44(3,4)5)53-59(35(31)46)41-48-42(50-43(49-41)65-14)60-36(47)32(34(54-60)45(6,7)8)58(11)55-38(30(16-2)40(62)64-13)57(10)28-25-21-18-22-26-28/h17-26,55H,15-16,46-47H2,1-14H3/b37-29+,38-30+,52-51?. The maximum atomic E-state index is 13.2. The van der Waals surface area contributed by atoms with E-state index in [1.54, 1.807) is 24.0 Å². The lowest BCUT2D eigenvalue weighted by Crippen LogP contribution is -2.42. The number of aromatic nitrogens is 7. The number of anilines is 5. The smallest absolute Gasteiger partial charge is 0.337 e. The van der Waals surface area contributed by atoms with Crippen LogP contribution in [0.25, 0.3) is 11.9 Å². The highest BCUT2D eigenvalue weighted by Gasteiger charge is 2.33. The van der Waals surface area contributed by atoms with Crippen LogP contribution in [0.1, 0.15) is 79.6 Å². The minimum Gasteiger partial charge on any atom is -0.467 e. The van der Waals surface area contributed by atoms with Crippen LogP contribution in [-0.2, 0) is 29.9 Å². The second-order valence-electron chi connectivity index (χ2n) is 16.9. The molecule has 20 nitrogen and oxygen atoms in total. The quantitative estimate of drug-likeness (QED) is 0.0396. The van der Waals surface area contributed by atoms with Crippen LogP contribution in [0.5, 0.6) is 6.01 Å². The van der Waals surface area contributed by atoms with E-state index in [-0.39, 0.29) is 41.1 Å². The molecule has 0 fully saturated rings. The van der Waals surface area contributed by atoms with Crippen molar-refractivity contribution in [3.63, 3.8) is 0 Å². The Hall–Kier alpha value is -7.51. The summed E-state index contributed by atoms with van der Waals surface area (Å²) in [6, 6.07) is 19.0. The summed E-state index contributed by atoms with van der Waals surface area (Å²) in [7, 11) is 9.49. The topological polar surface area (TPSA) is 235 Å². The Balaban J connectivity index is 1.68. The highest BCUT2D eigenvalue weighted by atomic mass is 16.5. The Kier molecular flexibility index (Phi) is 14.9. The summed E-state index contributed by atoms with van der Waals surface area (Å²) < 4.78 is 18.6. The van der Waals surface area contributed by atoms with Gasteiger partial charge >= 0.3 is 17.9 Å². The van der Waals surface area contributed by atoms with Crippen molar-refractivity contribution in [2.75, 3.05) is 68.7 Å². The predicted molar refractivity (Wildman–Crippen MR) is 251 cm³/mol. The molecular weight excluding hydrogens is 831 g/mol. The van der Waals surface area contributed by atoms with Crippen molar-refractivity contribution in [2.24, 2.45) is 10.2 Å². The molecule has 0 radical (unpaired) electrons. The summed E-state index contributed by atoms with van der Waals surface area (Å²) in [4.78, 5) is 43.7. The first-order chi connectivity index (χ1) is 30.7. The van der Waals surface area contributed by atoms with Crippen molar-refractivity contribution in [1.82, 2.24) is 39.9 Å². The van der Waals surface area contributed by atoms with E-state index in [0.717, 1.165) is 11.4 Å². The molecular formula is C45H61N15O5. The van der Waals surface area contributed by atoms with E-state index >= 15 is 0 Å². The fourth-order valence-corrected chi connectivity index (χ4v) is 6.80. The number of nitrogens with two attached hydrogens (primary N) is 2. The number of hydrogen-bond donors (Lipinski definition) is 3. The summed E-state index contributed by atoms with van der Waals surface area (Å²) in [5.74, 6) is -0.157. The van der Waals surface area contributed by atoms with E-state index < -0.39 is 22.8 Å². The zero-order valence-electron chi connectivity index (χ0n) is 39.8. The molecule has 20 heteroatoms. The number of methoxy groups -OCH3 is 3. The highest BCUT2D eigenvalue weighted by Crippen LogP contribution is 2.39.